The quantitative estimate of drug-likeness (QED) is 0.897. The SMILES string of the molecule is COc1cc(C)c(C)cc1CN1CC(CN)OC1=O. The fraction of sp³-hybridized carbons (Fsp3) is 0.500. The lowest BCUT2D eigenvalue weighted by Gasteiger charge is -2.17. The van der Waals surface area contributed by atoms with Crippen molar-refractivity contribution in [1.29, 1.82) is 0 Å². The summed E-state index contributed by atoms with van der Waals surface area (Å²) in [5, 5.41) is 0. The van der Waals surface area contributed by atoms with Gasteiger partial charge < -0.3 is 15.2 Å². The number of rotatable bonds is 4. The number of hydrogen-bond donors (Lipinski definition) is 1. The Kier molecular flexibility index (Phi) is 3.95. The van der Waals surface area contributed by atoms with Crippen molar-refractivity contribution in [2.24, 2.45) is 5.73 Å². The van der Waals surface area contributed by atoms with Crippen LogP contribution in [0.1, 0.15) is 16.7 Å². The molecule has 5 nitrogen and oxygen atoms in total. The van der Waals surface area contributed by atoms with Gasteiger partial charge in [0.2, 0.25) is 0 Å². The molecule has 1 atom stereocenters. The van der Waals surface area contributed by atoms with E-state index in [1.807, 2.05) is 19.9 Å². The molecule has 19 heavy (non-hydrogen) atoms. The summed E-state index contributed by atoms with van der Waals surface area (Å²) >= 11 is 0. The maximum Gasteiger partial charge on any atom is 0.410 e. The summed E-state index contributed by atoms with van der Waals surface area (Å²) in [5.41, 5.74) is 8.86. The number of nitrogens with two attached hydrogens (primary N) is 1. The second-order valence-electron chi connectivity index (χ2n) is 4.87. The Labute approximate surface area is 113 Å². The van der Waals surface area contributed by atoms with Gasteiger partial charge in [0.15, 0.2) is 0 Å². The van der Waals surface area contributed by atoms with Gasteiger partial charge in [-0.1, -0.05) is 6.07 Å². The largest absolute Gasteiger partial charge is 0.496 e. The average Bonchev–Trinajstić information content (AvgIpc) is 2.74. The van der Waals surface area contributed by atoms with E-state index in [2.05, 4.69) is 6.07 Å². The standard InChI is InChI=1S/C14H20N2O3/c1-9-4-11(13(18-3)5-10(9)2)7-16-8-12(6-15)19-14(16)17/h4-5,12H,6-8,15H2,1-3H3. The minimum Gasteiger partial charge on any atom is -0.496 e. The zero-order valence-corrected chi connectivity index (χ0v) is 11.6. The normalized spacial score (nSPS) is 18.6. The monoisotopic (exact) mass is 264 g/mol. The van der Waals surface area contributed by atoms with E-state index in [0.717, 1.165) is 11.3 Å². The summed E-state index contributed by atoms with van der Waals surface area (Å²) in [7, 11) is 1.64. The van der Waals surface area contributed by atoms with Gasteiger partial charge in [-0.25, -0.2) is 4.79 Å². The van der Waals surface area contributed by atoms with Crippen LogP contribution in [0.5, 0.6) is 5.75 Å². The van der Waals surface area contributed by atoms with Crippen LogP contribution in [0.2, 0.25) is 0 Å². The highest BCUT2D eigenvalue weighted by Gasteiger charge is 2.30. The number of cyclic esters (lactones) is 1. The van der Waals surface area contributed by atoms with Crippen molar-refractivity contribution in [3.05, 3.63) is 28.8 Å². The first-order chi connectivity index (χ1) is 9.05. The highest BCUT2D eigenvalue weighted by Crippen LogP contribution is 2.26. The van der Waals surface area contributed by atoms with Crippen LogP contribution in [-0.2, 0) is 11.3 Å². The Balaban J connectivity index is 2.19. The van der Waals surface area contributed by atoms with Crippen molar-refractivity contribution >= 4 is 6.09 Å². The van der Waals surface area contributed by atoms with Crippen molar-refractivity contribution < 1.29 is 14.3 Å². The van der Waals surface area contributed by atoms with Crippen LogP contribution < -0.4 is 10.5 Å². The summed E-state index contributed by atoms with van der Waals surface area (Å²) in [5.74, 6) is 0.798. The molecule has 0 bridgehead atoms. The molecular weight excluding hydrogens is 244 g/mol. The highest BCUT2D eigenvalue weighted by atomic mass is 16.6. The molecule has 0 aromatic heterocycles. The second-order valence-corrected chi connectivity index (χ2v) is 4.87. The molecule has 1 saturated heterocycles. The molecule has 1 heterocycles. The highest BCUT2D eigenvalue weighted by molar-refractivity contribution is 5.70. The lowest BCUT2D eigenvalue weighted by Crippen LogP contribution is -2.27. The number of ether oxygens (including phenoxy) is 2. The lowest BCUT2D eigenvalue weighted by atomic mass is 10.0. The van der Waals surface area contributed by atoms with Gasteiger partial charge in [0.05, 0.1) is 20.2 Å². The summed E-state index contributed by atoms with van der Waals surface area (Å²) in [4.78, 5) is 13.4. The van der Waals surface area contributed by atoms with Gasteiger partial charge in [-0.2, -0.15) is 0 Å². The molecule has 1 fully saturated rings. The minimum absolute atomic E-state index is 0.204. The van der Waals surface area contributed by atoms with Gasteiger partial charge >= 0.3 is 6.09 Å². The molecule has 104 valence electrons. The van der Waals surface area contributed by atoms with E-state index in [-0.39, 0.29) is 12.2 Å². The van der Waals surface area contributed by atoms with Gasteiger partial charge in [0.1, 0.15) is 11.9 Å². The molecule has 1 aromatic carbocycles. The van der Waals surface area contributed by atoms with E-state index in [0.29, 0.717) is 19.6 Å². The van der Waals surface area contributed by atoms with Gasteiger partial charge in [0, 0.05) is 12.1 Å². The topological polar surface area (TPSA) is 64.8 Å². The molecule has 0 aliphatic carbocycles. The molecule has 2 N–H and O–H groups in total. The van der Waals surface area contributed by atoms with E-state index < -0.39 is 0 Å². The van der Waals surface area contributed by atoms with E-state index >= 15 is 0 Å². The number of nitrogens with zero attached hydrogens (tertiary/aromatic N) is 1. The Morgan fingerprint density at radius 1 is 1.42 bits per heavy atom. The maximum atomic E-state index is 11.7. The summed E-state index contributed by atoms with van der Waals surface area (Å²) in [6, 6.07) is 4.05. The summed E-state index contributed by atoms with van der Waals surface area (Å²) in [6.45, 7) is 5.46. The third-order valence-electron chi connectivity index (χ3n) is 3.47. The molecular formula is C14H20N2O3. The zero-order chi connectivity index (χ0) is 14.0. The molecule has 1 amide bonds. The molecule has 0 saturated carbocycles. The van der Waals surface area contributed by atoms with Crippen LogP contribution >= 0.6 is 0 Å². The van der Waals surface area contributed by atoms with Crippen LogP contribution in [0.15, 0.2) is 12.1 Å². The molecule has 1 unspecified atom stereocenters. The van der Waals surface area contributed by atoms with Crippen molar-refractivity contribution in [3.63, 3.8) is 0 Å². The minimum atomic E-state index is -0.310. The summed E-state index contributed by atoms with van der Waals surface area (Å²) < 4.78 is 10.5. The smallest absolute Gasteiger partial charge is 0.410 e. The Hall–Kier alpha value is -1.75. The van der Waals surface area contributed by atoms with Crippen molar-refractivity contribution in [1.82, 2.24) is 4.90 Å². The fourth-order valence-corrected chi connectivity index (χ4v) is 2.20. The van der Waals surface area contributed by atoms with Gasteiger partial charge in [-0.15, -0.1) is 0 Å². The predicted octanol–water partition coefficient (Wildman–Crippen LogP) is 1.59. The van der Waals surface area contributed by atoms with E-state index in [4.69, 9.17) is 15.2 Å². The molecule has 5 heteroatoms. The number of hydrogen-bond acceptors (Lipinski definition) is 4. The molecule has 0 spiro atoms. The average molecular weight is 264 g/mol. The van der Waals surface area contributed by atoms with Gasteiger partial charge in [-0.05, 0) is 31.0 Å². The molecule has 1 aliphatic heterocycles. The maximum absolute atomic E-state index is 11.7. The predicted molar refractivity (Wildman–Crippen MR) is 72.2 cm³/mol. The first kappa shape index (κ1) is 13.7. The number of carbonyl (C=O) groups is 1. The number of amides is 1. The number of aryl methyl sites for hydroxylation is 2. The van der Waals surface area contributed by atoms with Crippen LogP contribution in [0.4, 0.5) is 4.79 Å². The van der Waals surface area contributed by atoms with Crippen molar-refractivity contribution in [3.8, 4) is 5.75 Å². The molecule has 1 aromatic rings. The molecule has 1 aliphatic rings. The summed E-state index contributed by atoms with van der Waals surface area (Å²) in [6.07, 6.45) is -0.513. The van der Waals surface area contributed by atoms with Crippen molar-refractivity contribution in [2.75, 3.05) is 20.2 Å². The first-order valence-electron chi connectivity index (χ1n) is 6.35. The number of methoxy groups -OCH3 is 1. The Bertz CT molecular complexity index is 488. The van der Waals surface area contributed by atoms with Crippen LogP contribution in [0.25, 0.3) is 0 Å². The third-order valence-corrected chi connectivity index (χ3v) is 3.47. The molecule has 0 radical (unpaired) electrons. The van der Waals surface area contributed by atoms with E-state index in [1.165, 1.54) is 11.1 Å². The van der Waals surface area contributed by atoms with Crippen LogP contribution in [0.3, 0.4) is 0 Å². The fourth-order valence-electron chi connectivity index (χ4n) is 2.20. The van der Waals surface area contributed by atoms with E-state index in [1.54, 1.807) is 12.0 Å². The van der Waals surface area contributed by atoms with Crippen LogP contribution in [-0.4, -0.2) is 37.3 Å². The van der Waals surface area contributed by atoms with Gasteiger partial charge in [0.25, 0.3) is 0 Å². The first-order valence-corrected chi connectivity index (χ1v) is 6.35. The lowest BCUT2D eigenvalue weighted by molar-refractivity contribution is 0.134. The molecule has 2 rings (SSSR count). The van der Waals surface area contributed by atoms with Crippen molar-refractivity contribution in [2.45, 2.75) is 26.5 Å². The Morgan fingerprint density at radius 3 is 2.68 bits per heavy atom. The third kappa shape index (κ3) is 2.81. The number of carbonyl (C=O) groups excluding carboxylic acids is 1. The second kappa shape index (κ2) is 5.48. The number of benzene rings is 1. The zero-order valence-electron chi connectivity index (χ0n) is 11.6. The Morgan fingerprint density at radius 2 is 2.11 bits per heavy atom. The van der Waals surface area contributed by atoms with Gasteiger partial charge in [-0.3, -0.25) is 4.90 Å². The van der Waals surface area contributed by atoms with E-state index in [9.17, 15) is 4.79 Å². The van der Waals surface area contributed by atoms with Crippen LogP contribution in [0, 0.1) is 13.8 Å².